The highest BCUT2D eigenvalue weighted by Crippen LogP contribution is 2.75. The quantitative estimate of drug-likeness (QED) is 0.135. The lowest BCUT2D eigenvalue weighted by molar-refractivity contribution is -0.324. The van der Waals surface area contributed by atoms with Crippen LogP contribution in [0.25, 0.3) is 0 Å². The van der Waals surface area contributed by atoms with Crippen molar-refractivity contribution in [3.63, 3.8) is 0 Å². The van der Waals surface area contributed by atoms with Crippen molar-refractivity contribution in [2.45, 2.75) is 192 Å². The van der Waals surface area contributed by atoms with Crippen LogP contribution in [0, 0.1) is 51.2 Å². The maximum atomic E-state index is 12.4. The molecule has 13 nitrogen and oxygen atoms in total. The van der Waals surface area contributed by atoms with Crippen molar-refractivity contribution in [2.24, 2.45) is 51.2 Å². The molecule has 1 aliphatic heterocycles. The summed E-state index contributed by atoms with van der Waals surface area (Å²) in [5, 5.41) is 107. The monoisotopic (exact) mass is 799 g/mol. The number of fused-ring (bicyclic) bond motifs is 5. The van der Waals surface area contributed by atoms with Crippen LogP contribution in [-0.2, 0) is 14.2 Å². The van der Waals surface area contributed by atoms with Crippen LogP contribution >= 0.6 is 0 Å². The van der Waals surface area contributed by atoms with E-state index in [1.807, 2.05) is 0 Å². The van der Waals surface area contributed by atoms with Gasteiger partial charge in [0.15, 0.2) is 6.29 Å². The van der Waals surface area contributed by atoms with Gasteiger partial charge in [-0.2, -0.15) is 0 Å². The number of aliphatic hydroxyl groups is 10. The fraction of sp³-hybridized carbons (Fsp3) is 0.953. The molecule has 6 aliphatic rings. The Balaban J connectivity index is 1.16. The lowest BCUT2D eigenvalue weighted by atomic mass is 9.38. The van der Waals surface area contributed by atoms with Gasteiger partial charge in [0.1, 0.15) is 36.6 Å². The zero-order valence-electron chi connectivity index (χ0n) is 34.9. The second-order valence-corrected chi connectivity index (χ2v) is 20.8. The minimum atomic E-state index is -1.61. The van der Waals surface area contributed by atoms with Gasteiger partial charge in [-0.05, 0) is 106 Å². The number of allylic oxidation sites excluding steroid dienone is 1. The van der Waals surface area contributed by atoms with Crippen LogP contribution in [0.3, 0.4) is 0 Å². The normalized spacial score (nSPS) is 50.3. The second kappa shape index (κ2) is 15.9. The molecule has 5 aliphatic carbocycles. The molecule has 20 atom stereocenters. The summed E-state index contributed by atoms with van der Waals surface area (Å²) in [5.74, 6) is 0.363. The summed E-state index contributed by atoms with van der Waals surface area (Å²) in [6.45, 7) is 16.2. The SMILES string of the molecule is C[C@H](CC[C@@H](O)C(C)(C)O)C1CC[C@@]2(C)C3CC=C4C(CC[C@H](O[C@@H]5O[C@H](CO[C@@H]6C[C@H](CO)[C@@H](O)[C@H](O)[C@H]6O)[C@@H](O)[C@H](O)[C@H]5O)C4(C)C)[C@]3(C)[C@H](O)C[C@]12C. The van der Waals surface area contributed by atoms with Gasteiger partial charge in [-0.3, -0.25) is 0 Å². The van der Waals surface area contributed by atoms with Gasteiger partial charge < -0.3 is 65.3 Å². The molecule has 5 fully saturated rings. The molecule has 0 amide bonds. The highest BCUT2D eigenvalue weighted by atomic mass is 16.7. The molecule has 0 aromatic rings. The molecule has 3 unspecified atom stereocenters. The second-order valence-electron chi connectivity index (χ2n) is 20.8. The molecule has 0 aromatic carbocycles. The van der Waals surface area contributed by atoms with Gasteiger partial charge in [0.25, 0.3) is 0 Å². The molecular formula is C43H74O13. The van der Waals surface area contributed by atoms with Crippen molar-refractivity contribution in [2.75, 3.05) is 13.2 Å². The van der Waals surface area contributed by atoms with E-state index in [4.69, 9.17) is 14.2 Å². The van der Waals surface area contributed by atoms with Gasteiger partial charge in [-0.25, -0.2) is 0 Å². The van der Waals surface area contributed by atoms with Crippen molar-refractivity contribution in [1.29, 1.82) is 0 Å². The van der Waals surface area contributed by atoms with Crippen molar-refractivity contribution in [3.8, 4) is 0 Å². The van der Waals surface area contributed by atoms with Crippen LogP contribution in [0.1, 0.15) is 113 Å². The lowest BCUT2D eigenvalue weighted by Gasteiger charge is -2.67. The summed E-state index contributed by atoms with van der Waals surface area (Å²) in [6.07, 6.45) is -5.33. The first-order valence-electron chi connectivity index (χ1n) is 21.4. The Morgan fingerprint density at radius 2 is 1.52 bits per heavy atom. The minimum absolute atomic E-state index is 0.00698. The molecule has 4 saturated carbocycles. The average Bonchev–Trinajstić information content (AvgIpc) is 3.40. The van der Waals surface area contributed by atoms with E-state index in [2.05, 4.69) is 47.6 Å². The standard InChI is InChI=1S/C43H74O13/c1-21(9-13-29(45)40(4,5)53)23-15-16-41(6)28-12-10-24-25(43(28,8)30(46)18-42(23,41)7)11-14-31(39(24,2)3)56-38-37(52)36(51)34(49)27(55-38)20-54-26-17-22(19-44)32(47)35(50)33(26)48/h10,21-23,25-38,44-53H,9,11-20H2,1-8H3/t21-,22-,23?,25?,26-,27-,28?,29-,30-,31+,32-,33+,34-,35+,36+,37-,38+,41+,42-,43+/m1/s1. The van der Waals surface area contributed by atoms with Crippen molar-refractivity contribution in [3.05, 3.63) is 11.6 Å². The van der Waals surface area contributed by atoms with Crippen molar-refractivity contribution >= 4 is 0 Å². The van der Waals surface area contributed by atoms with Gasteiger partial charge in [0, 0.05) is 23.4 Å². The van der Waals surface area contributed by atoms with E-state index < -0.39 is 97.0 Å². The van der Waals surface area contributed by atoms with E-state index in [0.29, 0.717) is 31.1 Å². The van der Waals surface area contributed by atoms with Crippen LogP contribution in [0.5, 0.6) is 0 Å². The van der Waals surface area contributed by atoms with Crippen LogP contribution in [0.15, 0.2) is 11.6 Å². The maximum Gasteiger partial charge on any atom is 0.187 e. The Morgan fingerprint density at radius 1 is 0.857 bits per heavy atom. The van der Waals surface area contributed by atoms with Crippen LogP contribution in [-0.4, -0.2) is 143 Å². The van der Waals surface area contributed by atoms with E-state index >= 15 is 0 Å². The summed E-state index contributed by atoms with van der Waals surface area (Å²) >= 11 is 0. The molecule has 56 heavy (non-hydrogen) atoms. The first-order chi connectivity index (χ1) is 25.9. The molecule has 0 bridgehead atoms. The van der Waals surface area contributed by atoms with Gasteiger partial charge >= 0.3 is 0 Å². The third kappa shape index (κ3) is 7.28. The molecule has 0 radical (unpaired) electrons. The zero-order chi connectivity index (χ0) is 41.5. The summed E-state index contributed by atoms with van der Waals surface area (Å²) in [5.41, 5.74) is -0.916. The van der Waals surface area contributed by atoms with E-state index in [0.717, 1.165) is 32.1 Å². The van der Waals surface area contributed by atoms with Gasteiger partial charge in [0.2, 0.25) is 0 Å². The van der Waals surface area contributed by atoms with Crippen LogP contribution in [0.2, 0.25) is 0 Å². The molecule has 10 N–H and O–H groups in total. The highest BCUT2D eigenvalue weighted by molar-refractivity contribution is 5.32. The van der Waals surface area contributed by atoms with E-state index in [1.165, 1.54) is 5.57 Å². The minimum Gasteiger partial charge on any atom is -0.396 e. The van der Waals surface area contributed by atoms with Gasteiger partial charge in [-0.1, -0.05) is 53.2 Å². The van der Waals surface area contributed by atoms with Crippen molar-refractivity contribution < 1.29 is 65.3 Å². The third-order valence-electron chi connectivity index (χ3n) is 17.1. The first-order valence-corrected chi connectivity index (χ1v) is 21.4. The van der Waals surface area contributed by atoms with Gasteiger partial charge in [-0.15, -0.1) is 0 Å². The highest BCUT2D eigenvalue weighted by Gasteiger charge is 2.70. The lowest BCUT2D eigenvalue weighted by Crippen LogP contribution is -2.65. The molecule has 1 saturated heterocycles. The predicted molar refractivity (Wildman–Crippen MR) is 206 cm³/mol. The Morgan fingerprint density at radius 3 is 2.16 bits per heavy atom. The Kier molecular flexibility index (Phi) is 12.7. The fourth-order valence-electron chi connectivity index (χ4n) is 13.0. The van der Waals surface area contributed by atoms with E-state index in [9.17, 15) is 51.1 Å². The smallest absolute Gasteiger partial charge is 0.187 e. The summed E-state index contributed by atoms with van der Waals surface area (Å²) < 4.78 is 18.5. The number of rotatable bonds is 11. The number of aliphatic hydroxyl groups excluding tert-OH is 9. The first kappa shape index (κ1) is 44.8. The van der Waals surface area contributed by atoms with E-state index in [-0.39, 0.29) is 41.1 Å². The molecule has 0 spiro atoms. The van der Waals surface area contributed by atoms with Crippen molar-refractivity contribution in [1.82, 2.24) is 0 Å². The molecule has 0 aromatic heterocycles. The maximum absolute atomic E-state index is 12.4. The third-order valence-corrected chi connectivity index (χ3v) is 17.1. The molecule has 6 rings (SSSR count). The molecule has 13 heteroatoms. The number of hydrogen-bond donors (Lipinski definition) is 10. The van der Waals surface area contributed by atoms with E-state index in [1.54, 1.807) is 13.8 Å². The molecule has 324 valence electrons. The number of ether oxygens (including phenoxy) is 3. The fourth-order valence-corrected chi connectivity index (χ4v) is 13.0. The topological polar surface area (TPSA) is 230 Å². The summed E-state index contributed by atoms with van der Waals surface area (Å²) in [7, 11) is 0. The Labute approximate surface area is 333 Å². The molecular weight excluding hydrogens is 724 g/mol. The number of hydrogen-bond acceptors (Lipinski definition) is 13. The van der Waals surface area contributed by atoms with Crippen LogP contribution in [0.4, 0.5) is 0 Å². The Bertz CT molecular complexity index is 1400. The summed E-state index contributed by atoms with van der Waals surface area (Å²) in [4.78, 5) is 0. The Hall–Kier alpha value is -0.780. The average molecular weight is 799 g/mol. The van der Waals surface area contributed by atoms with Gasteiger partial charge in [0.05, 0.1) is 42.7 Å². The van der Waals surface area contributed by atoms with Crippen LogP contribution < -0.4 is 0 Å². The summed E-state index contributed by atoms with van der Waals surface area (Å²) in [6, 6.07) is 0. The molecule has 1 heterocycles. The largest absolute Gasteiger partial charge is 0.396 e. The predicted octanol–water partition coefficient (Wildman–Crippen LogP) is 1.78. The zero-order valence-corrected chi connectivity index (χ0v) is 34.9.